The molecule has 3 nitrogen and oxygen atoms in total. The molecule has 2 heterocycles. The van der Waals surface area contributed by atoms with Gasteiger partial charge in [-0.05, 0) is 43.9 Å². The standard InChI is InChI=1S/C16H24N2O/c1-18(11-13-6-8-19-9-7-13)12-15-10-14-4-2-3-5-16(14)17-15/h2-5,13,15,17H,6-12H2,1H3. The maximum Gasteiger partial charge on any atom is 0.0469 e. The summed E-state index contributed by atoms with van der Waals surface area (Å²) in [5.41, 5.74) is 2.79. The number of fused-ring (bicyclic) bond motifs is 1. The first-order valence-electron chi connectivity index (χ1n) is 7.42. The first-order chi connectivity index (χ1) is 9.31. The molecule has 2 aliphatic rings. The minimum atomic E-state index is 0.572. The highest BCUT2D eigenvalue weighted by atomic mass is 16.5. The van der Waals surface area contributed by atoms with Crippen LogP contribution in [0.5, 0.6) is 0 Å². The fourth-order valence-electron chi connectivity index (χ4n) is 3.31. The lowest BCUT2D eigenvalue weighted by molar-refractivity contribution is 0.0554. The number of nitrogens with zero attached hydrogens (tertiary/aromatic N) is 1. The summed E-state index contributed by atoms with van der Waals surface area (Å²) in [6, 6.07) is 9.24. The lowest BCUT2D eigenvalue weighted by Crippen LogP contribution is -2.37. The molecule has 0 radical (unpaired) electrons. The largest absolute Gasteiger partial charge is 0.381 e. The van der Waals surface area contributed by atoms with E-state index in [0.29, 0.717) is 6.04 Å². The Morgan fingerprint density at radius 1 is 1.21 bits per heavy atom. The molecule has 2 aliphatic heterocycles. The van der Waals surface area contributed by atoms with E-state index < -0.39 is 0 Å². The number of nitrogens with one attached hydrogen (secondary N) is 1. The van der Waals surface area contributed by atoms with Crippen molar-refractivity contribution in [3.8, 4) is 0 Å². The van der Waals surface area contributed by atoms with E-state index in [4.69, 9.17) is 4.74 Å². The maximum absolute atomic E-state index is 5.43. The first-order valence-corrected chi connectivity index (χ1v) is 7.42. The molecule has 1 aromatic carbocycles. The van der Waals surface area contributed by atoms with Gasteiger partial charge in [-0.15, -0.1) is 0 Å². The third-order valence-electron chi connectivity index (χ3n) is 4.29. The Hall–Kier alpha value is -1.06. The van der Waals surface area contributed by atoms with Crippen LogP contribution in [0.3, 0.4) is 0 Å². The van der Waals surface area contributed by atoms with E-state index in [0.717, 1.165) is 32.1 Å². The number of ether oxygens (including phenoxy) is 1. The third kappa shape index (κ3) is 3.28. The predicted octanol–water partition coefficient (Wildman–Crippen LogP) is 2.38. The molecule has 0 saturated carbocycles. The maximum atomic E-state index is 5.43. The quantitative estimate of drug-likeness (QED) is 0.899. The van der Waals surface area contributed by atoms with Gasteiger partial charge in [0.25, 0.3) is 0 Å². The minimum absolute atomic E-state index is 0.572. The molecular weight excluding hydrogens is 236 g/mol. The zero-order chi connectivity index (χ0) is 13.1. The first kappa shape index (κ1) is 12.9. The van der Waals surface area contributed by atoms with Crippen molar-refractivity contribution in [2.45, 2.75) is 25.3 Å². The summed E-state index contributed by atoms with van der Waals surface area (Å²) in [4.78, 5) is 2.49. The van der Waals surface area contributed by atoms with Crippen molar-refractivity contribution in [3.63, 3.8) is 0 Å². The summed E-state index contributed by atoms with van der Waals surface area (Å²) in [5.74, 6) is 0.822. The molecule has 0 spiro atoms. The molecule has 19 heavy (non-hydrogen) atoms. The van der Waals surface area contributed by atoms with Crippen LogP contribution in [0.4, 0.5) is 5.69 Å². The second-order valence-electron chi connectivity index (χ2n) is 5.98. The summed E-state index contributed by atoms with van der Waals surface area (Å²) in [5, 5.41) is 3.64. The molecule has 3 heteroatoms. The number of para-hydroxylation sites is 1. The van der Waals surface area contributed by atoms with E-state index in [-0.39, 0.29) is 0 Å². The second-order valence-corrected chi connectivity index (χ2v) is 5.98. The van der Waals surface area contributed by atoms with Gasteiger partial charge in [0.15, 0.2) is 0 Å². The summed E-state index contributed by atoms with van der Waals surface area (Å²) < 4.78 is 5.43. The zero-order valence-electron chi connectivity index (χ0n) is 11.8. The average molecular weight is 260 g/mol. The molecule has 1 unspecified atom stereocenters. The Labute approximate surface area is 115 Å². The van der Waals surface area contributed by atoms with Crippen LogP contribution in [0, 0.1) is 5.92 Å². The number of anilines is 1. The smallest absolute Gasteiger partial charge is 0.0469 e. The molecule has 0 aliphatic carbocycles. The molecular formula is C16H24N2O. The van der Waals surface area contributed by atoms with Gasteiger partial charge >= 0.3 is 0 Å². The van der Waals surface area contributed by atoms with Crippen LogP contribution in [0.2, 0.25) is 0 Å². The van der Waals surface area contributed by atoms with Crippen LogP contribution >= 0.6 is 0 Å². The van der Waals surface area contributed by atoms with Crippen LogP contribution in [0.25, 0.3) is 0 Å². The van der Waals surface area contributed by atoms with Gasteiger partial charge in [-0.3, -0.25) is 0 Å². The molecule has 1 N–H and O–H groups in total. The van der Waals surface area contributed by atoms with E-state index in [1.54, 1.807) is 0 Å². The normalized spacial score (nSPS) is 23.4. The van der Waals surface area contributed by atoms with Gasteiger partial charge in [0.2, 0.25) is 0 Å². The molecule has 104 valence electrons. The molecule has 0 aromatic heterocycles. The SMILES string of the molecule is CN(CC1CCOCC1)CC1Cc2ccccc2N1. The topological polar surface area (TPSA) is 24.5 Å². The minimum Gasteiger partial charge on any atom is -0.381 e. The van der Waals surface area contributed by atoms with Crippen molar-refractivity contribution in [1.29, 1.82) is 0 Å². The van der Waals surface area contributed by atoms with Gasteiger partial charge in [0, 0.05) is 38.0 Å². The molecule has 1 saturated heterocycles. The fraction of sp³-hybridized carbons (Fsp3) is 0.625. The molecule has 1 fully saturated rings. The molecule has 0 amide bonds. The van der Waals surface area contributed by atoms with Crippen molar-refractivity contribution >= 4 is 5.69 Å². The molecule has 1 aromatic rings. The highest BCUT2D eigenvalue weighted by molar-refractivity contribution is 5.56. The number of likely N-dealkylation sites (N-methyl/N-ethyl adjacent to an activating group) is 1. The number of benzene rings is 1. The lowest BCUT2D eigenvalue weighted by Gasteiger charge is -2.28. The van der Waals surface area contributed by atoms with Crippen LogP contribution in [-0.4, -0.2) is 44.3 Å². The second kappa shape index (κ2) is 5.93. The Morgan fingerprint density at radius 2 is 2.00 bits per heavy atom. The fourth-order valence-corrected chi connectivity index (χ4v) is 3.31. The summed E-state index contributed by atoms with van der Waals surface area (Å²) in [6.07, 6.45) is 3.61. The van der Waals surface area contributed by atoms with Gasteiger partial charge in [-0.25, -0.2) is 0 Å². The Morgan fingerprint density at radius 3 is 2.79 bits per heavy atom. The van der Waals surface area contributed by atoms with Gasteiger partial charge in [-0.1, -0.05) is 18.2 Å². The third-order valence-corrected chi connectivity index (χ3v) is 4.29. The van der Waals surface area contributed by atoms with Gasteiger partial charge in [0.1, 0.15) is 0 Å². The lowest BCUT2D eigenvalue weighted by atomic mass is 9.99. The number of hydrogen-bond acceptors (Lipinski definition) is 3. The van der Waals surface area contributed by atoms with E-state index >= 15 is 0 Å². The van der Waals surface area contributed by atoms with Gasteiger partial charge in [-0.2, -0.15) is 0 Å². The van der Waals surface area contributed by atoms with Crippen molar-refractivity contribution < 1.29 is 4.74 Å². The van der Waals surface area contributed by atoms with E-state index in [1.807, 2.05) is 0 Å². The van der Waals surface area contributed by atoms with Crippen molar-refractivity contribution in [2.75, 3.05) is 38.7 Å². The molecule has 0 bridgehead atoms. The summed E-state index contributed by atoms with van der Waals surface area (Å²) in [6.45, 7) is 4.24. The Kier molecular flexibility index (Phi) is 4.04. The molecule has 1 atom stereocenters. The van der Waals surface area contributed by atoms with Crippen molar-refractivity contribution in [2.24, 2.45) is 5.92 Å². The molecule has 3 rings (SSSR count). The monoisotopic (exact) mass is 260 g/mol. The van der Waals surface area contributed by atoms with Crippen molar-refractivity contribution in [1.82, 2.24) is 4.90 Å². The van der Waals surface area contributed by atoms with E-state index in [1.165, 1.54) is 30.6 Å². The van der Waals surface area contributed by atoms with Crippen LogP contribution in [0.1, 0.15) is 18.4 Å². The van der Waals surface area contributed by atoms with E-state index in [9.17, 15) is 0 Å². The van der Waals surface area contributed by atoms with Crippen LogP contribution in [-0.2, 0) is 11.2 Å². The summed E-state index contributed by atoms with van der Waals surface area (Å²) in [7, 11) is 2.25. The number of hydrogen-bond donors (Lipinski definition) is 1. The highest BCUT2D eigenvalue weighted by Gasteiger charge is 2.22. The predicted molar refractivity (Wildman–Crippen MR) is 78.6 cm³/mol. The Balaban J connectivity index is 1.47. The van der Waals surface area contributed by atoms with Gasteiger partial charge < -0.3 is 15.0 Å². The number of rotatable bonds is 4. The summed E-state index contributed by atoms with van der Waals surface area (Å²) >= 11 is 0. The van der Waals surface area contributed by atoms with Crippen LogP contribution < -0.4 is 5.32 Å². The average Bonchev–Trinajstić information content (AvgIpc) is 2.81. The van der Waals surface area contributed by atoms with Crippen LogP contribution in [0.15, 0.2) is 24.3 Å². The zero-order valence-corrected chi connectivity index (χ0v) is 11.8. The Bertz CT molecular complexity index is 390. The highest BCUT2D eigenvalue weighted by Crippen LogP contribution is 2.25. The van der Waals surface area contributed by atoms with Crippen molar-refractivity contribution in [3.05, 3.63) is 29.8 Å². The van der Waals surface area contributed by atoms with E-state index in [2.05, 4.69) is 41.5 Å². The van der Waals surface area contributed by atoms with Gasteiger partial charge in [0.05, 0.1) is 0 Å².